The molecule has 12 atom stereocenters. The number of rotatable bonds is 45. The van der Waals surface area contributed by atoms with Gasteiger partial charge in [-0.3, -0.25) is 70.2 Å². The van der Waals surface area contributed by atoms with Gasteiger partial charge in [0.15, 0.2) is 29.8 Å². The second kappa shape index (κ2) is 43.6. The van der Waals surface area contributed by atoms with Crippen LogP contribution in [0.15, 0.2) is 0 Å². The van der Waals surface area contributed by atoms with Gasteiger partial charge in [-0.25, -0.2) is 4.79 Å². The Labute approximate surface area is 535 Å². The van der Waals surface area contributed by atoms with Gasteiger partial charge in [0.05, 0.1) is 12.1 Å². The Balaban J connectivity index is 3.51. The largest absolute Gasteiger partial charge is 0.480 e. The fourth-order valence-corrected chi connectivity index (χ4v) is 9.48. The van der Waals surface area contributed by atoms with Gasteiger partial charge in [0.2, 0.25) is 53.2 Å². The third-order valence-electron chi connectivity index (χ3n) is 14.8. The lowest BCUT2D eigenvalue weighted by Gasteiger charge is -2.30. The average Bonchev–Trinajstić information content (AvgIpc) is 1.66. The highest BCUT2D eigenvalue weighted by atomic mass is 16.4. The van der Waals surface area contributed by atoms with Crippen LogP contribution in [0.5, 0.6) is 0 Å². The smallest absolute Gasteiger partial charge is 0.326 e. The molecule has 38 nitrogen and oxygen atoms in total. The Kier molecular flexibility index (Phi) is 38.4. The SMILES string of the molecule is CC[C@H](C)[C@H](NC(=O)[C@H](CCCNC(=N)N)NC(=O)[C@H](CCCNC(=N)N)NC(=O)[C@H](CCCCN)NC(=O)[C@H](C)NC(=O)[C@@H](NC(=O)[C@H](CCCNC(=N)N)NC(=O)[C@@H]1CCCN1C(=O)[C@@H](N)CCCNC(=N)N)[C@@H](C)O)C(=O)N[C@@H](CCCNC(=N)N)C(=O)O. The van der Waals surface area contributed by atoms with Crippen molar-refractivity contribution in [3.8, 4) is 0 Å². The molecule has 1 aliphatic heterocycles. The van der Waals surface area contributed by atoms with Crippen LogP contribution >= 0.6 is 0 Å². The lowest BCUT2D eigenvalue weighted by atomic mass is 9.96. The van der Waals surface area contributed by atoms with Crippen molar-refractivity contribution in [2.24, 2.45) is 46.1 Å². The molecular formula is C54H104N26O12. The number of aliphatic carboxylic acids is 1. The summed E-state index contributed by atoms with van der Waals surface area (Å²) in [4.78, 5) is 140. The van der Waals surface area contributed by atoms with Crippen LogP contribution in [0.2, 0.25) is 0 Å². The van der Waals surface area contributed by atoms with Crippen LogP contribution in [0, 0.1) is 33.0 Å². The lowest BCUT2D eigenvalue weighted by Crippen LogP contribution is -2.61. The van der Waals surface area contributed by atoms with Gasteiger partial charge in [-0.1, -0.05) is 20.3 Å². The van der Waals surface area contributed by atoms with Gasteiger partial charge in [-0.2, -0.15) is 0 Å². The van der Waals surface area contributed by atoms with E-state index in [2.05, 4.69) is 69.1 Å². The molecule has 1 rings (SSSR count). The van der Waals surface area contributed by atoms with Crippen LogP contribution in [0.1, 0.15) is 130 Å². The van der Waals surface area contributed by atoms with E-state index in [0.717, 1.165) is 0 Å². The zero-order valence-corrected chi connectivity index (χ0v) is 53.2. The minimum Gasteiger partial charge on any atom is -0.480 e. The first kappa shape index (κ1) is 80.9. The average molecular weight is 1310 g/mol. The highest BCUT2D eigenvalue weighted by molar-refractivity contribution is 5.99. The van der Waals surface area contributed by atoms with E-state index in [1.165, 1.54) is 18.7 Å². The lowest BCUT2D eigenvalue weighted by molar-refractivity contribution is -0.143. The third-order valence-corrected chi connectivity index (χ3v) is 14.8. The number of aliphatic hydroxyl groups excluding tert-OH is 1. The minimum atomic E-state index is -1.75. The van der Waals surface area contributed by atoms with E-state index in [4.69, 9.17) is 67.2 Å². The van der Waals surface area contributed by atoms with E-state index >= 15 is 0 Å². The summed E-state index contributed by atoms with van der Waals surface area (Å²) in [7, 11) is 0. The second-order valence-corrected chi connectivity index (χ2v) is 22.5. The third kappa shape index (κ3) is 32.1. The number of nitrogens with one attached hydrogen (secondary N) is 18. The zero-order valence-electron chi connectivity index (χ0n) is 53.2. The molecule has 522 valence electrons. The van der Waals surface area contributed by atoms with E-state index in [9.17, 15) is 58.2 Å². The molecule has 1 fully saturated rings. The molecule has 0 aromatic carbocycles. The van der Waals surface area contributed by atoms with Gasteiger partial charge in [0.25, 0.3) is 0 Å². The summed E-state index contributed by atoms with van der Waals surface area (Å²) < 4.78 is 0. The number of carbonyl (C=O) groups excluding carboxylic acids is 9. The standard InChI is InChI=1S/C54H104N26O12/c1-5-28(2)38(46(88)77-36(49(91)92)19-12-26-71-54(65)66)78-43(85)34(17-10-24-69-52(61)62)75-42(84)33(16-9-23-68-51(59)60)74-41(83)32(15-6-7-21-55)73-40(82)29(3)72-47(89)39(30(4)81)79-44(86)35(18-11-25-70-53(63)64)76-45(87)37-20-13-27-80(37)48(90)31(56)14-8-22-67-50(57)58/h28-39,81H,5-27,55-56H2,1-4H3,(H,72,89)(H,73,82)(H,74,83)(H,75,84)(H,76,87)(H,77,88)(H,78,85)(H,79,86)(H,91,92)(H4,57,58,67)(H4,59,60,68)(H4,61,62,69)(H4,63,64,70)(H4,65,66,71)/t28-,29-,30+,31-,32-,33-,34-,35-,36-,37-,38-,39-/m0/s1. The number of hydrogen-bond donors (Lipinski definition) is 27. The molecule has 0 radical (unpaired) electrons. The summed E-state index contributed by atoms with van der Waals surface area (Å²) in [5.41, 5.74) is 39.0. The summed E-state index contributed by atoms with van der Waals surface area (Å²) >= 11 is 0. The summed E-state index contributed by atoms with van der Waals surface area (Å²) in [6.45, 7) is 6.85. The molecule has 1 aliphatic rings. The fraction of sp³-hybridized carbons (Fsp3) is 0.722. The maximum absolute atomic E-state index is 14.4. The molecule has 0 spiro atoms. The van der Waals surface area contributed by atoms with Gasteiger partial charge in [0.1, 0.15) is 54.4 Å². The number of carboxylic acids is 1. The van der Waals surface area contributed by atoms with Crippen molar-refractivity contribution >= 4 is 88.9 Å². The monoisotopic (exact) mass is 1310 g/mol. The molecule has 0 bridgehead atoms. The highest BCUT2D eigenvalue weighted by Gasteiger charge is 2.40. The van der Waals surface area contributed by atoms with E-state index in [-0.39, 0.29) is 147 Å². The minimum absolute atomic E-state index is 0.0447. The first-order valence-electron chi connectivity index (χ1n) is 30.8. The van der Waals surface area contributed by atoms with Gasteiger partial charge >= 0.3 is 5.97 Å². The number of likely N-dealkylation sites (tertiary alicyclic amines) is 1. The van der Waals surface area contributed by atoms with E-state index in [1.807, 2.05) is 0 Å². The van der Waals surface area contributed by atoms with Crippen LogP contribution in [0.3, 0.4) is 0 Å². The quantitative estimate of drug-likeness (QED) is 0.0153. The maximum Gasteiger partial charge on any atom is 0.326 e. The van der Waals surface area contributed by atoms with Crippen molar-refractivity contribution in [2.75, 3.05) is 45.8 Å². The predicted molar refractivity (Wildman–Crippen MR) is 341 cm³/mol. The molecule has 0 unspecified atom stereocenters. The van der Waals surface area contributed by atoms with Gasteiger partial charge in [-0.15, -0.1) is 0 Å². The predicted octanol–water partition coefficient (Wildman–Crippen LogP) is -7.84. The molecule has 0 aliphatic carbocycles. The summed E-state index contributed by atoms with van der Waals surface area (Å²) in [6, 6.07) is -13.6. The van der Waals surface area contributed by atoms with Crippen molar-refractivity contribution in [3.63, 3.8) is 0 Å². The van der Waals surface area contributed by atoms with E-state index < -0.39 is 138 Å². The van der Waals surface area contributed by atoms with Crippen molar-refractivity contribution in [1.82, 2.24) is 74.0 Å². The first-order chi connectivity index (χ1) is 43.3. The summed E-state index contributed by atoms with van der Waals surface area (Å²) in [5.74, 6) is -11.3. The fourth-order valence-electron chi connectivity index (χ4n) is 9.48. The van der Waals surface area contributed by atoms with E-state index in [0.29, 0.717) is 25.7 Å². The topological polar surface area (TPSA) is 672 Å². The van der Waals surface area contributed by atoms with Crippen molar-refractivity contribution < 1.29 is 58.2 Å². The molecule has 1 saturated heterocycles. The Morgan fingerprint density at radius 1 is 0.478 bits per heavy atom. The zero-order chi connectivity index (χ0) is 69.6. The number of unbranched alkanes of at least 4 members (excludes halogenated alkanes) is 1. The molecule has 0 aromatic heterocycles. The van der Waals surface area contributed by atoms with E-state index in [1.54, 1.807) is 13.8 Å². The number of guanidine groups is 5. The molecule has 92 heavy (non-hydrogen) atoms. The van der Waals surface area contributed by atoms with Gasteiger partial charge in [0, 0.05) is 39.3 Å². The van der Waals surface area contributed by atoms with Crippen LogP contribution in [-0.4, -0.2) is 216 Å². The molecule has 38 heteroatoms. The highest BCUT2D eigenvalue weighted by Crippen LogP contribution is 2.20. The summed E-state index contributed by atoms with van der Waals surface area (Å²) in [5, 5.41) is 91.6. The van der Waals surface area contributed by atoms with Crippen LogP contribution in [0.25, 0.3) is 0 Å². The van der Waals surface area contributed by atoms with Gasteiger partial charge < -0.3 is 124 Å². The molecule has 0 saturated carbocycles. The molecular weight excluding hydrogens is 1200 g/mol. The molecule has 9 amide bonds. The summed E-state index contributed by atoms with van der Waals surface area (Å²) in [6.07, 6.45) is 0.753. The number of nitrogens with two attached hydrogens (primary N) is 7. The van der Waals surface area contributed by atoms with Crippen LogP contribution < -0.4 is 109 Å². The number of nitrogens with zero attached hydrogens (tertiary/aromatic N) is 1. The Hall–Kier alpha value is -9.07. The van der Waals surface area contributed by atoms with Crippen molar-refractivity contribution in [3.05, 3.63) is 0 Å². The second-order valence-electron chi connectivity index (χ2n) is 22.5. The normalized spacial score (nSPS) is 16.2. The van der Waals surface area contributed by atoms with Crippen molar-refractivity contribution in [2.45, 2.75) is 197 Å². The number of aliphatic hydroxyl groups is 1. The number of amides is 9. The Bertz CT molecular complexity index is 2490. The van der Waals surface area contributed by atoms with Crippen LogP contribution in [0.4, 0.5) is 0 Å². The van der Waals surface area contributed by atoms with Crippen molar-refractivity contribution in [1.29, 1.82) is 27.0 Å². The number of hydrogen-bond acceptors (Lipinski definition) is 18. The maximum atomic E-state index is 14.4. The number of carboxylic acid groups (broad SMARTS) is 1. The first-order valence-corrected chi connectivity index (χ1v) is 30.8. The molecule has 1 heterocycles. The molecule has 34 N–H and O–H groups in total. The van der Waals surface area contributed by atoms with Crippen LogP contribution in [-0.2, 0) is 47.9 Å². The molecule has 0 aromatic rings. The number of carbonyl (C=O) groups is 10. The van der Waals surface area contributed by atoms with Gasteiger partial charge in [-0.05, 0) is 123 Å². The Morgan fingerprint density at radius 3 is 1.24 bits per heavy atom. The Morgan fingerprint density at radius 2 is 0.837 bits per heavy atom.